The predicted octanol–water partition coefficient (Wildman–Crippen LogP) is 15.0. The minimum atomic E-state index is -1.01. The molecule has 0 aliphatic carbocycles. The van der Waals surface area contributed by atoms with Crippen molar-refractivity contribution in [3.8, 4) is 0 Å². The van der Waals surface area contributed by atoms with E-state index in [9.17, 15) is 28.8 Å². The number of carbonyl (C=O) groups excluding carboxylic acids is 6. The fourth-order valence-electron chi connectivity index (χ4n) is 8.89. The number of nitrogens with zero attached hydrogens (tertiary/aromatic N) is 1. The summed E-state index contributed by atoms with van der Waals surface area (Å²) in [5.74, 6) is -1.40. The highest BCUT2D eigenvalue weighted by Gasteiger charge is 2.39. The van der Waals surface area contributed by atoms with Crippen LogP contribution in [-0.2, 0) is 49.5 Å². The Labute approximate surface area is 441 Å². The molecule has 0 saturated heterocycles. The second-order valence-corrected chi connectivity index (χ2v) is 23.3. The molecule has 0 fully saturated rings. The maximum Gasteiger partial charge on any atom is 0.329 e. The highest BCUT2D eigenvalue weighted by atomic mass is 32.2. The van der Waals surface area contributed by atoms with Crippen LogP contribution in [0.1, 0.15) is 270 Å². The standard InChI is InChI=1S/C59H100N2O10S/c1-9-11-13-15-17-19-21-23-25-27-29-31-33-35-53(63)68-45-49(69-54(64)36-34-32-30-28-26-24-22-20-18-16-14-12-10-2)46-72-42-41-52(62)60-48-37-38-50-47(43-48)44-61(56(50)66)51(57(67)71-59(6,7)8)39-40-55(65)70-58(3,4)5/h37-38,43,49,51H,9-36,39-42,44-46H2,1-8H3,(H,60,62). The molecule has 2 atom stereocenters. The number of esters is 4. The van der Waals surface area contributed by atoms with Crippen molar-refractivity contribution in [3.63, 3.8) is 0 Å². The Morgan fingerprint density at radius 1 is 0.597 bits per heavy atom. The van der Waals surface area contributed by atoms with Gasteiger partial charge in [-0.05, 0) is 84.6 Å². The van der Waals surface area contributed by atoms with Crippen LogP contribution in [0, 0.1) is 0 Å². The van der Waals surface area contributed by atoms with E-state index < -0.39 is 35.3 Å². The fourth-order valence-corrected chi connectivity index (χ4v) is 9.81. The van der Waals surface area contributed by atoms with Crippen LogP contribution in [0.25, 0.3) is 0 Å². The molecular weight excluding hydrogens is 929 g/mol. The van der Waals surface area contributed by atoms with E-state index in [0.717, 1.165) is 38.5 Å². The monoisotopic (exact) mass is 1030 g/mol. The number of hydrogen-bond donors (Lipinski definition) is 1. The van der Waals surface area contributed by atoms with E-state index in [1.54, 1.807) is 59.7 Å². The Morgan fingerprint density at radius 2 is 1.07 bits per heavy atom. The first-order valence-corrected chi connectivity index (χ1v) is 29.7. The second kappa shape index (κ2) is 38.0. The van der Waals surface area contributed by atoms with Gasteiger partial charge in [-0.3, -0.25) is 24.0 Å². The number of amides is 2. The zero-order valence-corrected chi connectivity index (χ0v) is 47.4. The number of carbonyl (C=O) groups is 6. The third-order valence-corrected chi connectivity index (χ3v) is 13.9. The molecule has 13 heteroatoms. The van der Waals surface area contributed by atoms with Crippen LogP contribution in [0.4, 0.5) is 5.69 Å². The largest absolute Gasteiger partial charge is 0.462 e. The molecule has 0 bridgehead atoms. The molecule has 1 aliphatic heterocycles. The fraction of sp³-hybridized carbons (Fsp3) is 0.797. The van der Waals surface area contributed by atoms with Crippen molar-refractivity contribution in [1.82, 2.24) is 4.90 Å². The zero-order valence-electron chi connectivity index (χ0n) is 46.6. The Morgan fingerprint density at radius 3 is 1.56 bits per heavy atom. The Balaban J connectivity index is 1.87. The normalized spacial score (nSPS) is 13.4. The minimum Gasteiger partial charge on any atom is -0.462 e. The number of ether oxygens (including phenoxy) is 4. The molecule has 412 valence electrons. The number of thioether (sulfide) groups is 1. The maximum absolute atomic E-state index is 13.6. The second-order valence-electron chi connectivity index (χ2n) is 22.1. The lowest BCUT2D eigenvalue weighted by molar-refractivity contribution is -0.162. The summed E-state index contributed by atoms with van der Waals surface area (Å²) in [6.07, 6.45) is 32.1. The van der Waals surface area contributed by atoms with E-state index in [4.69, 9.17) is 18.9 Å². The van der Waals surface area contributed by atoms with Crippen LogP contribution in [0.3, 0.4) is 0 Å². The molecule has 2 unspecified atom stereocenters. The van der Waals surface area contributed by atoms with E-state index in [0.29, 0.717) is 41.2 Å². The van der Waals surface area contributed by atoms with Gasteiger partial charge in [0, 0.05) is 55.0 Å². The van der Waals surface area contributed by atoms with Gasteiger partial charge >= 0.3 is 23.9 Å². The zero-order chi connectivity index (χ0) is 53.0. The van der Waals surface area contributed by atoms with Gasteiger partial charge in [-0.2, -0.15) is 11.8 Å². The number of nitrogens with one attached hydrogen (secondary N) is 1. The van der Waals surface area contributed by atoms with Gasteiger partial charge in [0.05, 0.1) is 0 Å². The number of unbranched alkanes of at least 4 members (excludes halogenated alkanes) is 24. The Bertz CT molecular complexity index is 1700. The van der Waals surface area contributed by atoms with E-state index in [-0.39, 0.29) is 56.2 Å². The van der Waals surface area contributed by atoms with Crippen LogP contribution in [0.2, 0.25) is 0 Å². The van der Waals surface area contributed by atoms with Gasteiger partial charge in [0.25, 0.3) is 5.91 Å². The smallest absolute Gasteiger partial charge is 0.329 e. The van der Waals surface area contributed by atoms with Gasteiger partial charge in [0.2, 0.25) is 5.91 Å². The number of hydrogen-bond acceptors (Lipinski definition) is 11. The van der Waals surface area contributed by atoms with E-state index in [1.807, 2.05) is 0 Å². The third-order valence-electron chi connectivity index (χ3n) is 12.8. The van der Waals surface area contributed by atoms with E-state index in [1.165, 1.54) is 145 Å². The summed E-state index contributed by atoms with van der Waals surface area (Å²) in [4.78, 5) is 80.0. The molecular formula is C59H100N2O10S. The first-order valence-electron chi connectivity index (χ1n) is 28.5. The van der Waals surface area contributed by atoms with Gasteiger partial charge in [0.15, 0.2) is 0 Å². The number of rotatable bonds is 42. The van der Waals surface area contributed by atoms with Crippen LogP contribution in [0.15, 0.2) is 18.2 Å². The summed E-state index contributed by atoms with van der Waals surface area (Å²) in [6.45, 7) is 15.1. The van der Waals surface area contributed by atoms with Crippen molar-refractivity contribution < 1.29 is 47.7 Å². The highest BCUT2D eigenvalue weighted by Crippen LogP contribution is 2.30. The van der Waals surface area contributed by atoms with Crippen LogP contribution in [0.5, 0.6) is 0 Å². The van der Waals surface area contributed by atoms with Gasteiger partial charge < -0.3 is 29.2 Å². The summed E-state index contributed by atoms with van der Waals surface area (Å²) < 4.78 is 22.7. The Kier molecular flexibility index (Phi) is 34.1. The van der Waals surface area contributed by atoms with Crippen molar-refractivity contribution in [3.05, 3.63) is 29.3 Å². The SMILES string of the molecule is CCCCCCCCCCCCCCCC(=O)OCC(CSCCC(=O)Nc1ccc2c(c1)CN(C(CCC(=O)OC(C)(C)C)C(=O)OC(C)(C)C)C2=O)OC(=O)CCCCCCCCCCCCCCC. The topological polar surface area (TPSA) is 155 Å². The first kappa shape index (κ1) is 64.5. The number of benzene rings is 1. The summed E-state index contributed by atoms with van der Waals surface area (Å²) >= 11 is 1.46. The van der Waals surface area contributed by atoms with Gasteiger partial charge in [-0.15, -0.1) is 0 Å². The average Bonchev–Trinajstić information content (AvgIpc) is 3.63. The average molecular weight is 1030 g/mol. The molecule has 2 amide bonds. The van der Waals surface area contributed by atoms with Crippen molar-refractivity contribution in [2.45, 2.75) is 284 Å². The minimum absolute atomic E-state index is 0.0124. The van der Waals surface area contributed by atoms with Gasteiger partial charge in [-0.1, -0.05) is 168 Å². The van der Waals surface area contributed by atoms with Crippen molar-refractivity contribution in [2.75, 3.05) is 23.4 Å². The summed E-state index contributed by atoms with van der Waals surface area (Å²) in [7, 11) is 0. The van der Waals surface area contributed by atoms with Crippen LogP contribution < -0.4 is 5.32 Å². The van der Waals surface area contributed by atoms with Gasteiger partial charge in [0.1, 0.15) is 30.0 Å². The maximum atomic E-state index is 13.6. The van der Waals surface area contributed by atoms with E-state index >= 15 is 0 Å². The van der Waals surface area contributed by atoms with Gasteiger partial charge in [-0.25, -0.2) is 4.79 Å². The molecule has 2 rings (SSSR count). The number of anilines is 1. The van der Waals surface area contributed by atoms with Crippen LogP contribution >= 0.6 is 11.8 Å². The first-order chi connectivity index (χ1) is 34.4. The predicted molar refractivity (Wildman–Crippen MR) is 293 cm³/mol. The Hall–Kier alpha value is -3.61. The van der Waals surface area contributed by atoms with Crippen molar-refractivity contribution in [1.29, 1.82) is 0 Å². The molecule has 1 aromatic carbocycles. The third kappa shape index (κ3) is 31.9. The lowest BCUT2D eigenvalue weighted by Gasteiger charge is -2.30. The summed E-state index contributed by atoms with van der Waals surface area (Å²) in [5.41, 5.74) is 0.0687. The lowest BCUT2D eigenvalue weighted by atomic mass is 10.0. The molecule has 1 aromatic rings. The van der Waals surface area contributed by atoms with Crippen LogP contribution in [-0.4, -0.2) is 82.1 Å². The van der Waals surface area contributed by atoms with Crippen molar-refractivity contribution >= 4 is 53.1 Å². The molecule has 0 radical (unpaired) electrons. The molecule has 0 spiro atoms. The number of fused-ring (bicyclic) bond motifs is 1. The quantitative estimate of drug-likeness (QED) is 0.0378. The molecule has 1 N–H and O–H groups in total. The highest BCUT2D eigenvalue weighted by molar-refractivity contribution is 7.99. The molecule has 0 aromatic heterocycles. The molecule has 0 saturated carbocycles. The molecule has 72 heavy (non-hydrogen) atoms. The van der Waals surface area contributed by atoms with Crippen molar-refractivity contribution in [2.24, 2.45) is 0 Å². The molecule has 12 nitrogen and oxygen atoms in total. The molecule has 1 heterocycles. The summed E-state index contributed by atoms with van der Waals surface area (Å²) in [6, 6.07) is 4.02. The molecule has 1 aliphatic rings. The van der Waals surface area contributed by atoms with E-state index in [2.05, 4.69) is 19.2 Å². The lowest BCUT2D eigenvalue weighted by Crippen LogP contribution is -2.45. The summed E-state index contributed by atoms with van der Waals surface area (Å²) in [5, 5.41) is 2.93.